The fraction of sp³-hybridized carbons (Fsp3) is 0.500. The molecule has 1 rings (SSSR count). The molecule has 0 aliphatic heterocycles. The Kier molecular flexibility index (Phi) is 3.91. The molecule has 0 aliphatic carbocycles. The minimum atomic E-state index is -1.91. The first-order valence-corrected chi connectivity index (χ1v) is 8.98. The maximum Gasteiger partial charge on any atom is 0.250 e. The predicted molar refractivity (Wildman–Crippen MR) is 75.9 cm³/mol. The third kappa shape index (κ3) is 3.13. The number of phenols is 1. The molecule has 100 valence electrons. The van der Waals surface area contributed by atoms with E-state index in [1.165, 1.54) is 13.0 Å². The number of hydrogen-bond donors (Lipinski definition) is 1. The Labute approximate surface area is 110 Å². The number of carbonyl (C=O) groups is 1. The normalized spacial score (nSPS) is 12.3. The summed E-state index contributed by atoms with van der Waals surface area (Å²) in [6.07, 6.45) is 0. The minimum absolute atomic E-state index is 0.0151. The molecular weight excluding hydrogens is 244 g/mol. The average molecular weight is 266 g/mol. The first-order valence-electron chi connectivity index (χ1n) is 6.07. The highest BCUT2D eigenvalue weighted by atomic mass is 28.4. The van der Waals surface area contributed by atoms with Crippen LogP contribution >= 0.6 is 0 Å². The van der Waals surface area contributed by atoms with Crippen LogP contribution in [0.2, 0.25) is 18.1 Å². The molecule has 0 saturated carbocycles. The molecule has 0 aromatic heterocycles. The molecule has 1 aromatic carbocycles. The molecule has 1 N–H and O–H groups in total. The Hall–Kier alpha value is -1.29. The summed E-state index contributed by atoms with van der Waals surface area (Å²) in [7, 11) is -1.91. The lowest BCUT2D eigenvalue weighted by Crippen LogP contribution is -2.43. The molecule has 0 saturated heterocycles. The van der Waals surface area contributed by atoms with Crippen LogP contribution in [0, 0.1) is 0 Å². The summed E-state index contributed by atoms with van der Waals surface area (Å²) < 4.78 is 6.05. The lowest BCUT2D eigenvalue weighted by molar-refractivity contribution is 0.101. The van der Waals surface area contributed by atoms with Gasteiger partial charge in [0.15, 0.2) is 5.78 Å². The number of hydrogen-bond acceptors (Lipinski definition) is 3. The second-order valence-electron chi connectivity index (χ2n) is 6.10. The Morgan fingerprint density at radius 3 is 2.22 bits per heavy atom. The summed E-state index contributed by atoms with van der Waals surface area (Å²) in [5, 5.41) is 9.88. The maximum absolute atomic E-state index is 11.2. The van der Waals surface area contributed by atoms with E-state index in [1.807, 2.05) is 0 Å². The lowest BCUT2D eigenvalue weighted by Gasteiger charge is -2.36. The fourth-order valence-corrected chi connectivity index (χ4v) is 2.34. The zero-order valence-corrected chi connectivity index (χ0v) is 13.0. The van der Waals surface area contributed by atoms with Crippen molar-refractivity contribution in [1.82, 2.24) is 0 Å². The molecule has 3 nitrogen and oxygen atoms in total. The number of ketones is 1. The third-order valence-corrected chi connectivity index (χ3v) is 7.89. The van der Waals surface area contributed by atoms with E-state index in [9.17, 15) is 9.90 Å². The minimum Gasteiger partial charge on any atom is -0.543 e. The van der Waals surface area contributed by atoms with Gasteiger partial charge in [0.25, 0.3) is 0 Å². The largest absolute Gasteiger partial charge is 0.543 e. The first-order chi connectivity index (χ1) is 8.04. The molecule has 4 heteroatoms. The van der Waals surface area contributed by atoms with Crippen molar-refractivity contribution in [3.05, 3.63) is 23.8 Å². The number of aromatic hydroxyl groups is 1. The van der Waals surface area contributed by atoms with E-state index < -0.39 is 8.32 Å². The van der Waals surface area contributed by atoms with Crippen LogP contribution in [0.15, 0.2) is 18.2 Å². The van der Waals surface area contributed by atoms with Gasteiger partial charge in [0.2, 0.25) is 8.32 Å². The van der Waals surface area contributed by atoms with Crippen molar-refractivity contribution in [2.75, 3.05) is 0 Å². The summed E-state index contributed by atoms with van der Waals surface area (Å²) >= 11 is 0. The van der Waals surface area contributed by atoms with Crippen molar-refractivity contribution in [3.63, 3.8) is 0 Å². The number of benzene rings is 1. The molecular formula is C14H22O3Si. The van der Waals surface area contributed by atoms with E-state index in [4.69, 9.17) is 4.43 Å². The maximum atomic E-state index is 11.2. The van der Waals surface area contributed by atoms with Gasteiger partial charge in [-0.3, -0.25) is 4.79 Å². The standard InChI is InChI=1S/C14H22O3Si/c1-10(15)12-8-7-11(9-13(12)16)17-18(5,6)14(2,3)4/h7-9,16H,1-6H3. The number of phenolic OH excluding ortho intramolecular Hbond substituents is 1. The molecule has 0 atom stereocenters. The van der Waals surface area contributed by atoms with Crippen LogP contribution in [0.1, 0.15) is 38.1 Å². The van der Waals surface area contributed by atoms with Gasteiger partial charge in [0.05, 0.1) is 5.56 Å². The summed E-state index contributed by atoms with van der Waals surface area (Å²) in [5.74, 6) is 0.467. The van der Waals surface area contributed by atoms with Crippen LogP contribution < -0.4 is 4.43 Å². The van der Waals surface area contributed by atoms with Crippen molar-refractivity contribution in [1.29, 1.82) is 0 Å². The molecule has 0 aliphatic rings. The molecule has 0 unspecified atom stereocenters. The number of carbonyl (C=O) groups excluding carboxylic acids is 1. The van der Waals surface area contributed by atoms with Gasteiger partial charge in [-0.2, -0.15) is 0 Å². The van der Waals surface area contributed by atoms with Crippen LogP contribution in [0.25, 0.3) is 0 Å². The molecule has 0 heterocycles. The summed E-state index contributed by atoms with van der Waals surface area (Å²) in [4.78, 5) is 11.2. The van der Waals surface area contributed by atoms with Gasteiger partial charge in [-0.1, -0.05) is 20.8 Å². The zero-order valence-electron chi connectivity index (χ0n) is 12.0. The Morgan fingerprint density at radius 2 is 1.83 bits per heavy atom. The number of Topliss-reactive ketones (excluding diaryl/α,β-unsaturated/α-hetero) is 1. The topological polar surface area (TPSA) is 46.5 Å². The highest BCUT2D eigenvalue weighted by molar-refractivity contribution is 6.74. The second-order valence-corrected chi connectivity index (χ2v) is 10.8. The SMILES string of the molecule is CC(=O)c1ccc(O[Si](C)(C)C(C)(C)C)cc1O. The van der Waals surface area contributed by atoms with Crippen molar-refractivity contribution in [3.8, 4) is 11.5 Å². The average Bonchev–Trinajstić information content (AvgIpc) is 2.14. The van der Waals surface area contributed by atoms with Crippen molar-refractivity contribution in [2.45, 2.75) is 45.8 Å². The second kappa shape index (κ2) is 4.76. The summed E-state index contributed by atoms with van der Waals surface area (Å²) in [5.41, 5.74) is 0.331. The predicted octanol–water partition coefficient (Wildman–Crippen LogP) is 3.98. The highest BCUT2D eigenvalue weighted by Crippen LogP contribution is 2.38. The van der Waals surface area contributed by atoms with Gasteiger partial charge in [0.1, 0.15) is 11.5 Å². The van der Waals surface area contributed by atoms with Crippen LogP contribution in [-0.4, -0.2) is 19.2 Å². The molecule has 0 amide bonds. The van der Waals surface area contributed by atoms with Gasteiger partial charge in [-0.15, -0.1) is 0 Å². The van der Waals surface area contributed by atoms with Crippen molar-refractivity contribution < 1.29 is 14.3 Å². The summed E-state index contributed by atoms with van der Waals surface area (Å²) in [6.45, 7) is 12.2. The van der Waals surface area contributed by atoms with Gasteiger partial charge in [-0.25, -0.2) is 0 Å². The quantitative estimate of drug-likeness (QED) is 0.665. The van der Waals surface area contributed by atoms with Crippen molar-refractivity contribution >= 4 is 14.1 Å². The van der Waals surface area contributed by atoms with E-state index in [0.717, 1.165) is 0 Å². The molecule has 0 radical (unpaired) electrons. The van der Waals surface area contributed by atoms with Crippen LogP contribution in [0.4, 0.5) is 0 Å². The molecule has 0 spiro atoms. The van der Waals surface area contributed by atoms with Gasteiger partial charge in [0, 0.05) is 6.07 Å². The summed E-state index contributed by atoms with van der Waals surface area (Å²) in [6, 6.07) is 4.88. The molecule has 0 fully saturated rings. The smallest absolute Gasteiger partial charge is 0.250 e. The van der Waals surface area contributed by atoms with Crippen LogP contribution in [-0.2, 0) is 0 Å². The van der Waals surface area contributed by atoms with Crippen molar-refractivity contribution in [2.24, 2.45) is 0 Å². The molecule has 18 heavy (non-hydrogen) atoms. The Balaban J connectivity index is 3.01. The van der Waals surface area contributed by atoms with Gasteiger partial charge in [-0.05, 0) is 37.2 Å². The first kappa shape index (κ1) is 14.8. The lowest BCUT2D eigenvalue weighted by atomic mass is 10.1. The third-order valence-electron chi connectivity index (χ3n) is 3.53. The highest BCUT2D eigenvalue weighted by Gasteiger charge is 2.39. The molecule has 0 bridgehead atoms. The number of rotatable bonds is 3. The van der Waals surface area contributed by atoms with Gasteiger partial charge >= 0.3 is 0 Å². The molecule has 1 aromatic rings. The zero-order chi connectivity index (χ0) is 14.1. The van der Waals surface area contributed by atoms with E-state index >= 15 is 0 Å². The monoisotopic (exact) mass is 266 g/mol. The van der Waals surface area contributed by atoms with Crippen LogP contribution in [0.3, 0.4) is 0 Å². The Morgan fingerprint density at radius 1 is 1.28 bits per heavy atom. The van der Waals surface area contributed by atoms with E-state index in [-0.39, 0.29) is 16.6 Å². The fourth-order valence-electron chi connectivity index (χ4n) is 1.32. The van der Waals surface area contributed by atoms with Crippen LogP contribution in [0.5, 0.6) is 11.5 Å². The van der Waals surface area contributed by atoms with E-state index in [0.29, 0.717) is 11.3 Å². The van der Waals surface area contributed by atoms with E-state index in [2.05, 4.69) is 33.9 Å². The Bertz CT molecular complexity index is 459. The van der Waals surface area contributed by atoms with Gasteiger partial charge < -0.3 is 9.53 Å². The van der Waals surface area contributed by atoms with E-state index in [1.54, 1.807) is 12.1 Å².